The van der Waals surface area contributed by atoms with Gasteiger partial charge in [-0.3, -0.25) is 4.79 Å². The maximum absolute atomic E-state index is 13.1. The molecule has 20 heavy (non-hydrogen) atoms. The zero-order valence-electron chi connectivity index (χ0n) is 10.2. The van der Waals surface area contributed by atoms with Crippen LogP contribution in [0, 0.1) is 11.6 Å². The molecule has 4 nitrogen and oxygen atoms in total. The first-order valence-corrected chi connectivity index (χ1v) is 5.82. The summed E-state index contributed by atoms with van der Waals surface area (Å²) in [6, 6.07) is 7.76. The van der Waals surface area contributed by atoms with Gasteiger partial charge in [-0.1, -0.05) is 0 Å². The summed E-state index contributed by atoms with van der Waals surface area (Å²) in [6.07, 6.45) is 1.54. The molecular weight excluding hydrogens is 264 g/mol. The highest BCUT2D eigenvalue weighted by atomic mass is 19.1. The third-order valence-corrected chi connectivity index (χ3v) is 2.80. The van der Waals surface area contributed by atoms with Gasteiger partial charge in [0.15, 0.2) is 0 Å². The number of aromatic nitrogens is 2. The lowest BCUT2D eigenvalue weighted by Gasteiger charge is -2.05. The van der Waals surface area contributed by atoms with E-state index < -0.39 is 17.5 Å². The van der Waals surface area contributed by atoms with Crippen molar-refractivity contribution in [2.24, 2.45) is 0 Å². The number of halogens is 2. The van der Waals surface area contributed by atoms with Crippen molar-refractivity contribution < 1.29 is 13.6 Å². The molecule has 2 N–H and O–H groups in total. The SMILES string of the molecule is O=C(Nc1ccc2nc[nH]c2c1)c1cc(F)cc(F)c1. The van der Waals surface area contributed by atoms with E-state index in [1.807, 2.05) is 0 Å². The molecule has 0 atom stereocenters. The van der Waals surface area contributed by atoms with Gasteiger partial charge in [0.2, 0.25) is 0 Å². The third kappa shape index (κ3) is 2.35. The van der Waals surface area contributed by atoms with Crippen LogP contribution in [0.5, 0.6) is 0 Å². The number of nitrogens with zero attached hydrogens (tertiary/aromatic N) is 1. The number of fused-ring (bicyclic) bond motifs is 1. The fraction of sp³-hybridized carbons (Fsp3) is 0. The zero-order chi connectivity index (χ0) is 14.1. The molecule has 0 unspecified atom stereocenters. The summed E-state index contributed by atoms with van der Waals surface area (Å²) in [6.45, 7) is 0. The number of nitrogens with one attached hydrogen (secondary N) is 2. The van der Waals surface area contributed by atoms with Crippen LogP contribution >= 0.6 is 0 Å². The van der Waals surface area contributed by atoms with E-state index in [0.717, 1.165) is 23.2 Å². The van der Waals surface area contributed by atoms with Crippen LogP contribution < -0.4 is 5.32 Å². The number of anilines is 1. The molecule has 0 aliphatic carbocycles. The molecule has 6 heteroatoms. The fourth-order valence-electron chi connectivity index (χ4n) is 1.90. The Hall–Kier alpha value is -2.76. The van der Waals surface area contributed by atoms with Crippen LogP contribution in [0.25, 0.3) is 11.0 Å². The topological polar surface area (TPSA) is 57.8 Å². The number of carbonyl (C=O) groups excluding carboxylic acids is 1. The Labute approximate surface area is 112 Å². The average Bonchev–Trinajstić information content (AvgIpc) is 2.85. The van der Waals surface area contributed by atoms with Crippen molar-refractivity contribution in [2.45, 2.75) is 0 Å². The Morgan fingerprint density at radius 2 is 1.85 bits per heavy atom. The Balaban J connectivity index is 1.87. The van der Waals surface area contributed by atoms with Gasteiger partial charge in [0, 0.05) is 17.3 Å². The maximum Gasteiger partial charge on any atom is 0.255 e. The summed E-state index contributed by atoms with van der Waals surface area (Å²) in [5, 5.41) is 2.57. The fourth-order valence-corrected chi connectivity index (χ4v) is 1.90. The summed E-state index contributed by atoms with van der Waals surface area (Å²) >= 11 is 0. The van der Waals surface area contributed by atoms with Gasteiger partial charge < -0.3 is 10.3 Å². The number of hydrogen-bond acceptors (Lipinski definition) is 2. The van der Waals surface area contributed by atoms with Crippen LogP contribution in [0.15, 0.2) is 42.7 Å². The minimum atomic E-state index is -0.792. The maximum atomic E-state index is 13.1. The largest absolute Gasteiger partial charge is 0.345 e. The standard InChI is InChI=1S/C14H9F2N3O/c15-9-3-8(4-10(16)5-9)14(20)19-11-1-2-12-13(6-11)18-7-17-12/h1-7H,(H,17,18)(H,19,20). The summed E-state index contributed by atoms with van der Waals surface area (Å²) in [5.74, 6) is -2.17. The summed E-state index contributed by atoms with van der Waals surface area (Å²) in [7, 11) is 0. The van der Waals surface area contributed by atoms with Gasteiger partial charge in [0.25, 0.3) is 5.91 Å². The molecule has 0 aliphatic heterocycles. The Bertz CT molecular complexity index is 778. The van der Waals surface area contributed by atoms with E-state index in [0.29, 0.717) is 11.8 Å². The van der Waals surface area contributed by atoms with Crippen LogP contribution in [-0.2, 0) is 0 Å². The van der Waals surface area contributed by atoms with Crippen molar-refractivity contribution in [2.75, 3.05) is 5.32 Å². The van der Waals surface area contributed by atoms with Crippen molar-refractivity contribution >= 4 is 22.6 Å². The molecule has 1 aromatic heterocycles. The van der Waals surface area contributed by atoms with Crippen LogP contribution in [0.1, 0.15) is 10.4 Å². The van der Waals surface area contributed by atoms with Crippen LogP contribution in [0.2, 0.25) is 0 Å². The minimum absolute atomic E-state index is 0.0767. The van der Waals surface area contributed by atoms with Gasteiger partial charge in [0.05, 0.1) is 17.4 Å². The van der Waals surface area contributed by atoms with Crippen molar-refractivity contribution in [3.63, 3.8) is 0 Å². The first-order chi connectivity index (χ1) is 9.61. The van der Waals surface area contributed by atoms with E-state index in [9.17, 15) is 13.6 Å². The van der Waals surface area contributed by atoms with Crippen LogP contribution in [0.3, 0.4) is 0 Å². The van der Waals surface area contributed by atoms with Crippen molar-refractivity contribution in [1.29, 1.82) is 0 Å². The minimum Gasteiger partial charge on any atom is -0.345 e. The molecule has 3 aromatic rings. The average molecular weight is 273 g/mol. The smallest absolute Gasteiger partial charge is 0.255 e. The quantitative estimate of drug-likeness (QED) is 0.753. The zero-order valence-corrected chi connectivity index (χ0v) is 10.2. The highest BCUT2D eigenvalue weighted by Crippen LogP contribution is 2.17. The monoisotopic (exact) mass is 273 g/mol. The molecular formula is C14H9F2N3O. The van der Waals surface area contributed by atoms with Crippen molar-refractivity contribution in [1.82, 2.24) is 9.97 Å². The highest BCUT2D eigenvalue weighted by molar-refractivity contribution is 6.04. The molecule has 3 rings (SSSR count). The molecule has 0 saturated carbocycles. The Morgan fingerprint density at radius 1 is 1.10 bits per heavy atom. The van der Waals surface area contributed by atoms with Gasteiger partial charge in [0.1, 0.15) is 11.6 Å². The summed E-state index contributed by atoms with van der Waals surface area (Å²) in [4.78, 5) is 18.9. The van der Waals surface area contributed by atoms with Gasteiger partial charge in [-0.25, -0.2) is 13.8 Å². The van der Waals surface area contributed by atoms with Crippen LogP contribution in [-0.4, -0.2) is 15.9 Å². The molecule has 0 aliphatic rings. The number of imidazole rings is 1. The van der Waals surface area contributed by atoms with E-state index in [1.165, 1.54) is 6.33 Å². The Kier molecular flexibility index (Phi) is 2.90. The molecule has 1 amide bonds. The lowest BCUT2D eigenvalue weighted by atomic mass is 10.2. The summed E-state index contributed by atoms with van der Waals surface area (Å²) in [5.41, 5.74) is 1.96. The Morgan fingerprint density at radius 3 is 2.60 bits per heavy atom. The normalized spacial score (nSPS) is 10.7. The first kappa shape index (κ1) is 12.3. The van der Waals surface area contributed by atoms with Gasteiger partial charge in [-0.2, -0.15) is 0 Å². The molecule has 0 radical (unpaired) electrons. The molecule has 100 valence electrons. The highest BCUT2D eigenvalue weighted by Gasteiger charge is 2.10. The molecule has 0 saturated heterocycles. The second-order valence-corrected chi connectivity index (χ2v) is 4.25. The number of carbonyl (C=O) groups is 1. The predicted octanol–water partition coefficient (Wildman–Crippen LogP) is 3.09. The van der Waals surface area contributed by atoms with Crippen molar-refractivity contribution in [3.05, 3.63) is 59.9 Å². The second kappa shape index (κ2) is 4.73. The molecule has 0 fully saturated rings. The van der Waals surface area contributed by atoms with E-state index in [4.69, 9.17) is 0 Å². The van der Waals surface area contributed by atoms with Crippen LogP contribution in [0.4, 0.5) is 14.5 Å². The third-order valence-electron chi connectivity index (χ3n) is 2.80. The predicted molar refractivity (Wildman–Crippen MR) is 70.4 cm³/mol. The lowest BCUT2D eigenvalue weighted by Crippen LogP contribution is -2.12. The molecule has 0 bridgehead atoms. The number of hydrogen-bond donors (Lipinski definition) is 2. The van der Waals surface area contributed by atoms with E-state index >= 15 is 0 Å². The number of H-pyrrole nitrogens is 1. The number of aromatic amines is 1. The van der Waals surface area contributed by atoms with E-state index in [1.54, 1.807) is 18.2 Å². The van der Waals surface area contributed by atoms with Gasteiger partial charge >= 0.3 is 0 Å². The molecule has 0 spiro atoms. The number of rotatable bonds is 2. The summed E-state index contributed by atoms with van der Waals surface area (Å²) < 4.78 is 26.1. The van der Waals surface area contributed by atoms with Gasteiger partial charge in [-0.15, -0.1) is 0 Å². The number of benzene rings is 2. The number of amides is 1. The molecule has 2 aromatic carbocycles. The van der Waals surface area contributed by atoms with Crippen molar-refractivity contribution in [3.8, 4) is 0 Å². The molecule has 1 heterocycles. The second-order valence-electron chi connectivity index (χ2n) is 4.25. The van der Waals surface area contributed by atoms with E-state index in [2.05, 4.69) is 15.3 Å². The first-order valence-electron chi connectivity index (χ1n) is 5.82. The van der Waals surface area contributed by atoms with Gasteiger partial charge in [-0.05, 0) is 30.3 Å². The lowest BCUT2D eigenvalue weighted by molar-refractivity contribution is 0.102. The van der Waals surface area contributed by atoms with E-state index in [-0.39, 0.29) is 5.56 Å².